The zero-order valence-electron chi connectivity index (χ0n) is 12.7. The van der Waals surface area contributed by atoms with Crippen LogP contribution in [0.4, 0.5) is 0 Å². The van der Waals surface area contributed by atoms with Crippen molar-refractivity contribution in [3.63, 3.8) is 0 Å². The van der Waals surface area contributed by atoms with Gasteiger partial charge >= 0.3 is 0 Å². The Labute approximate surface area is 121 Å². The molecule has 1 saturated heterocycles. The summed E-state index contributed by atoms with van der Waals surface area (Å²) in [6.07, 6.45) is 2.48. The Hall–Kier alpha value is -0.690. The topological polar surface area (TPSA) is 68.8 Å². The fourth-order valence-corrected chi connectivity index (χ4v) is 2.43. The summed E-state index contributed by atoms with van der Waals surface area (Å²) in [6, 6.07) is 0. The van der Waals surface area contributed by atoms with Crippen LogP contribution in [0.1, 0.15) is 19.3 Å². The van der Waals surface area contributed by atoms with Crippen molar-refractivity contribution in [2.24, 2.45) is 5.41 Å². The number of hydrogen-bond donors (Lipinski definition) is 2. The SMILES string of the molecule is COCCOCCCNC(=O)C1(COC)CCNCC1. The monoisotopic (exact) mass is 288 g/mol. The van der Waals surface area contributed by atoms with Gasteiger partial charge in [0.2, 0.25) is 5.91 Å². The van der Waals surface area contributed by atoms with Crippen LogP contribution in [0.5, 0.6) is 0 Å². The highest BCUT2D eigenvalue weighted by Gasteiger charge is 2.39. The van der Waals surface area contributed by atoms with Gasteiger partial charge in [-0.2, -0.15) is 0 Å². The fourth-order valence-electron chi connectivity index (χ4n) is 2.43. The summed E-state index contributed by atoms with van der Waals surface area (Å²) in [5.41, 5.74) is -0.364. The minimum absolute atomic E-state index is 0.109. The second-order valence-electron chi connectivity index (χ2n) is 5.18. The molecule has 1 aliphatic heterocycles. The van der Waals surface area contributed by atoms with Crippen molar-refractivity contribution in [2.75, 3.05) is 60.3 Å². The number of carbonyl (C=O) groups excluding carboxylic acids is 1. The van der Waals surface area contributed by atoms with E-state index in [-0.39, 0.29) is 11.3 Å². The maximum atomic E-state index is 12.4. The molecule has 0 unspecified atom stereocenters. The van der Waals surface area contributed by atoms with Gasteiger partial charge in [-0.15, -0.1) is 0 Å². The summed E-state index contributed by atoms with van der Waals surface area (Å²) in [5, 5.41) is 6.29. The van der Waals surface area contributed by atoms with E-state index in [4.69, 9.17) is 14.2 Å². The third-order valence-electron chi connectivity index (χ3n) is 3.65. The molecular weight excluding hydrogens is 260 g/mol. The van der Waals surface area contributed by atoms with Crippen LogP contribution in [0.3, 0.4) is 0 Å². The smallest absolute Gasteiger partial charge is 0.228 e. The minimum atomic E-state index is -0.364. The van der Waals surface area contributed by atoms with E-state index >= 15 is 0 Å². The Morgan fingerprint density at radius 2 is 1.90 bits per heavy atom. The molecule has 6 heteroatoms. The molecule has 6 nitrogen and oxygen atoms in total. The molecule has 0 aliphatic carbocycles. The van der Waals surface area contributed by atoms with Crippen molar-refractivity contribution in [1.82, 2.24) is 10.6 Å². The lowest BCUT2D eigenvalue weighted by Crippen LogP contribution is -2.50. The van der Waals surface area contributed by atoms with Crippen LogP contribution >= 0.6 is 0 Å². The predicted octanol–water partition coefficient (Wildman–Crippen LogP) is 0.172. The van der Waals surface area contributed by atoms with Gasteiger partial charge in [-0.05, 0) is 32.4 Å². The van der Waals surface area contributed by atoms with Gasteiger partial charge in [0.25, 0.3) is 0 Å². The van der Waals surface area contributed by atoms with E-state index < -0.39 is 0 Å². The second kappa shape index (κ2) is 10.1. The molecule has 0 aromatic rings. The third kappa shape index (κ3) is 5.75. The van der Waals surface area contributed by atoms with E-state index in [2.05, 4.69) is 10.6 Å². The molecule has 2 N–H and O–H groups in total. The van der Waals surface area contributed by atoms with Crippen molar-refractivity contribution in [1.29, 1.82) is 0 Å². The van der Waals surface area contributed by atoms with Crippen molar-refractivity contribution >= 4 is 5.91 Å². The summed E-state index contributed by atoms with van der Waals surface area (Å²) in [7, 11) is 3.30. The summed E-state index contributed by atoms with van der Waals surface area (Å²) in [4.78, 5) is 12.4. The molecule has 1 fully saturated rings. The van der Waals surface area contributed by atoms with Gasteiger partial charge in [0.1, 0.15) is 0 Å². The number of nitrogens with one attached hydrogen (secondary N) is 2. The Bertz CT molecular complexity index is 262. The molecule has 0 aromatic heterocycles. The summed E-state index contributed by atoms with van der Waals surface area (Å²) < 4.78 is 15.5. The Balaban J connectivity index is 2.21. The molecule has 0 saturated carbocycles. The van der Waals surface area contributed by atoms with Crippen LogP contribution < -0.4 is 10.6 Å². The zero-order chi connectivity index (χ0) is 14.7. The summed E-state index contributed by atoms with van der Waals surface area (Å²) >= 11 is 0. The first-order valence-corrected chi connectivity index (χ1v) is 7.30. The van der Waals surface area contributed by atoms with E-state index in [1.165, 1.54) is 0 Å². The second-order valence-corrected chi connectivity index (χ2v) is 5.18. The normalized spacial score (nSPS) is 17.9. The molecule has 118 valence electrons. The number of carbonyl (C=O) groups is 1. The molecule has 1 amide bonds. The molecule has 0 radical (unpaired) electrons. The summed E-state index contributed by atoms with van der Waals surface area (Å²) in [5.74, 6) is 0.109. The highest BCUT2D eigenvalue weighted by molar-refractivity contribution is 5.82. The van der Waals surface area contributed by atoms with Crippen molar-refractivity contribution in [3.05, 3.63) is 0 Å². The van der Waals surface area contributed by atoms with Gasteiger partial charge < -0.3 is 24.8 Å². The lowest BCUT2D eigenvalue weighted by atomic mass is 9.78. The van der Waals surface area contributed by atoms with Crippen LogP contribution in [0.25, 0.3) is 0 Å². The van der Waals surface area contributed by atoms with E-state index in [1.54, 1.807) is 14.2 Å². The quantitative estimate of drug-likeness (QED) is 0.561. The van der Waals surface area contributed by atoms with Gasteiger partial charge in [0.05, 0.1) is 25.2 Å². The Morgan fingerprint density at radius 1 is 1.15 bits per heavy atom. The Morgan fingerprint density at radius 3 is 2.55 bits per heavy atom. The van der Waals surface area contributed by atoms with Crippen LogP contribution in [-0.2, 0) is 19.0 Å². The molecule has 0 spiro atoms. The number of piperidine rings is 1. The maximum Gasteiger partial charge on any atom is 0.228 e. The Kier molecular flexibility index (Phi) is 8.77. The molecule has 0 bridgehead atoms. The van der Waals surface area contributed by atoms with Gasteiger partial charge in [-0.3, -0.25) is 4.79 Å². The molecule has 0 atom stereocenters. The minimum Gasteiger partial charge on any atom is -0.384 e. The average Bonchev–Trinajstić information content (AvgIpc) is 2.47. The van der Waals surface area contributed by atoms with Gasteiger partial charge in [-0.25, -0.2) is 0 Å². The molecule has 1 rings (SSSR count). The standard InChI is InChI=1S/C14H28N2O4/c1-18-10-11-20-9-3-6-16-13(17)14(12-19-2)4-7-15-8-5-14/h15H,3-12H2,1-2H3,(H,16,17). The van der Waals surface area contributed by atoms with E-state index in [9.17, 15) is 4.79 Å². The highest BCUT2D eigenvalue weighted by Crippen LogP contribution is 2.29. The largest absolute Gasteiger partial charge is 0.384 e. The fraction of sp³-hybridized carbons (Fsp3) is 0.929. The van der Waals surface area contributed by atoms with E-state index in [0.717, 1.165) is 32.4 Å². The van der Waals surface area contributed by atoms with Crippen LogP contribution in [0, 0.1) is 5.41 Å². The highest BCUT2D eigenvalue weighted by atomic mass is 16.5. The van der Waals surface area contributed by atoms with Crippen LogP contribution in [0.15, 0.2) is 0 Å². The predicted molar refractivity (Wildman–Crippen MR) is 76.7 cm³/mol. The number of rotatable bonds is 10. The van der Waals surface area contributed by atoms with Gasteiger partial charge in [0.15, 0.2) is 0 Å². The maximum absolute atomic E-state index is 12.4. The van der Waals surface area contributed by atoms with E-state index in [1.807, 2.05) is 0 Å². The van der Waals surface area contributed by atoms with Crippen molar-refractivity contribution in [3.8, 4) is 0 Å². The van der Waals surface area contributed by atoms with E-state index in [0.29, 0.717) is 33.0 Å². The van der Waals surface area contributed by atoms with Crippen LogP contribution in [-0.4, -0.2) is 66.2 Å². The molecule has 1 heterocycles. The summed E-state index contributed by atoms with van der Waals surface area (Å²) in [6.45, 7) is 4.73. The molecular formula is C14H28N2O4. The molecule has 1 aliphatic rings. The zero-order valence-corrected chi connectivity index (χ0v) is 12.7. The molecule has 20 heavy (non-hydrogen) atoms. The van der Waals surface area contributed by atoms with Crippen molar-refractivity contribution < 1.29 is 19.0 Å². The number of ether oxygens (including phenoxy) is 3. The first-order valence-electron chi connectivity index (χ1n) is 7.30. The van der Waals surface area contributed by atoms with Crippen molar-refractivity contribution in [2.45, 2.75) is 19.3 Å². The number of amides is 1. The lowest BCUT2D eigenvalue weighted by molar-refractivity contribution is -0.136. The third-order valence-corrected chi connectivity index (χ3v) is 3.65. The average molecular weight is 288 g/mol. The molecule has 0 aromatic carbocycles. The van der Waals surface area contributed by atoms with Gasteiger partial charge in [0, 0.05) is 27.4 Å². The number of hydrogen-bond acceptors (Lipinski definition) is 5. The lowest BCUT2D eigenvalue weighted by Gasteiger charge is -2.35. The number of methoxy groups -OCH3 is 2. The van der Waals surface area contributed by atoms with Crippen LogP contribution in [0.2, 0.25) is 0 Å². The van der Waals surface area contributed by atoms with Gasteiger partial charge in [-0.1, -0.05) is 0 Å². The first-order chi connectivity index (χ1) is 9.75. The first kappa shape index (κ1) is 17.4.